The van der Waals surface area contributed by atoms with Crippen molar-refractivity contribution in [3.8, 4) is 0 Å². The molecule has 2 aromatic rings. The highest BCUT2D eigenvalue weighted by Gasteiger charge is 2.41. The molecule has 0 unspecified atom stereocenters. The largest absolute Gasteiger partial charge is 0.435 e. The Morgan fingerprint density at radius 2 is 1.64 bits per heavy atom. The van der Waals surface area contributed by atoms with Crippen LogP contribution in [-0.2, 0) is 18.9 Å². The zero-order chi connectivity index (χ0) is 16.7. The lowest BCUT2D eigenvalue weighted by Gasteiger charge is -2.10. The van der Waals surface area contributed by atoms with Crippen LogP contribution in [0.25, 0.3) is 0 Å². The Labute approximate surface area is 119 Å². The quantitative estimate of drug-likeness (QED) is 0.675. The van der Waals surface area contributed by atoms with Gasteiger partial charge in [-0.1, -0.05) is 6.07 Å². The van der Waals surface area contributed by atoms with Crippen LogP contribution in [0.3, 0.4) is 0 Å². The maximum absolute atomic E-state index is 13.3. The second-order valence-electron chi connectivity index (χ2n) is 4.42. The lowest BCUT2D eigenvalue weighted by atomic mass is 10.2. The molecule has 0 saturated carbocycles. The highest BCUT2D eigenvalue weighted by Crippen LogP contribution is 2.35. The summed E-state index contributed by atoms with van der Waals surface area (Å²) in [5, 5.41) is 2.91. The highest BCUT2D eigenvalue weighted by atomic mass is 19.4. The topological polar surface area (TPSA) is 43.8 Å². The Balaban J connectivity index is 2.44. The monoisotopic (exact) mass is 327 g/mol. The zero-order valence-corrected chi connectivity index (χ0v) is 10.6. The van der Waals surface area contributed by atoms with Crippen molar-refractivity contribution in [2.24, 2.45) is 0 Å². The number of alkyl halides is 6. The molecular formula is C12H8F7N3. The second kappa shape index (κ2) is 5.18. The second-order valence-corrected chi connectivity index (χ2v) is 4.42. The maximum Gasteiger partial charge on any atom is 0.435 e. The molecule has 0 saturated heterocycles. The molecule has 0 fully saturated rings. The molecule has 2 N–H and O–H groups in total. The molecule has 1 heterocycles. The lowest BCUT2D eigenvalue weighted by molar-refractivity contribution is -0.144. The van der Waals surface area contributed by atoms with E-state index in [1.165, 1.54) is 6.07 Å². The van der Waals surface area contributed by atoms with E-state index in [4.69, 9.17) is 5.73 Å². The van der Waals surface area contributed by atoms with E-state index in [-0.39, 0.29) is 22.0 Å². The maximum atomic E-state index is 13.3. The van der Waals surface area contributed by atoms with E-state index in [9.17, 15) is 30.7 Å². The Hall–Kier alpha value is -2.26. The molecule has 120 valence electrons. The van der Waals surface area contributed by atoms with E-state index in [0.717, 1.165) is 12.1 Å². The van der Waals surface area contributed by atoms with Gasteiger partial charge in [-0.15, -0.1) is 0 Å². The molecular weight excluding hydrogens is 319 g/mol. The summed E-state index contributed by atoms with van der Waals surface area (Å²) in [5.41, 5.74) is 1.74. The normalized spacial score (nSPS) is 12.7. The average Bonchev–Trinajstić information content (AvgIpc) is 2.77. The third kappa shape index (κ3) is 3.31. The van der Waals surface area contributed by atoms with Crippen molar-refractivity contribution < 1.29 is 30.7 Å². The predicted molar refractivity (Wildman–Crippen MR) is 62.1 cm³/mol. The molecule has 0 atom stereocenters. The van der Waals surface area contributed by atoms with Crippen molar-refractivity contribution in [3.63, 3.8) is 0 Å². The zero-order valence-electron chi connectivity index (χ0n) is 10.6. The summed E-state index contributed by atoms with van der Waals surface area (Å²) < 4.78 is 89.2. The molecule has 0 bridgehead atoms. The molecule has 0 aliphatic rings. The van der Waals surface area contributed by atoms with Crippen molar-refractivity contribution in [1.29, 1.82) is 0 Å². The fraction of sp³-hybridized carbons (Fsp3) is 0.250. The first-order valence-electron chi connectivity index (χ1n) is 5.74. The lowest BCUT2D eigenvalue weighted by Crippen LogP contribution is -2.15. The van der Waals surface area contributed by atoms with Gasteiger partial charge >= 0.3 is 12.4 Å². The van der Waals surface area contributed by atoms with Gasteiger partial charge in [-0.05, 0) is 17.7 Å². The summed E-state index contributed by atoms with van der Waals surface area (Å²) in [6.07, 6.45) is -10.0. The molecule has 0 aliphatic heterocycles. The number of halogens is 7. The first kappa shape index (κ1) is 16.1. The van der Waals surface area contributed by atoms with E-state index < -0.39 is 36.1 Å². The molecule has 0 amide bonds. The van der Waals surface area contributed by atoms with Crippen LogP contribution >= 0.6 is 0 Å². The van der Waals surface area contributed by atoms with E-state index in [0.29, 0.717) is 0 Å². The summed E-state index contributed by atoms with van der Waals surface area (Å²) >= 11 is 0. The van der Waals surface area contributed by atoms with Gasteiger partial charge in [0.2, 0.25) is 0 Å². The first-order chi connectivity index (χ1) is 9.98. The van der Waals surface area contributed by atoms with Crippen molar-refractivity contribution in [1.82, 2.24) is 9.78 Å². The fourth-order valence-corrected chi connectivity index (χ4v) is 1.75. The number of hydrogen-bond acceptors (Lipinski definition) is 2. The number of benzene rings is 1. The van der Waals surface area contributed by atoms with Crippen LogP contribution in [0.15, 0.2) is 24.3 Å². The van der Waals surface area contributed by atoms with E-state index >= 15 is 0 Å². The summed E-state index contributed by atoms with van der Waals surface area (Å²) in [6, 6.07) is 3.05. The van der Waals surface area contributed by atoms with Crippen LogP contribution in [-0.4, -0.2) is 9.78 Å². The van der Waals surface area contributed by atoms with Gasteiger partial charge in [0.15, 0.2) is 5.69 Å². The Bertz CT molecular complexity index is 685. The molecule has 1 aromatic heterocycles. The van der Waals surface area contributed by atoms with Gasteiger partial charge in [0, 0.05) is 6.07 Å². The number of hydrogen-bond donors (Lipinski definition) is 1. The van der Waals surface area contributed by atoms with E-state index in [1.54, 1.807) is 0 Å². The molecule has 0 radical (unpaired) electrons. The third-order valence-corrected chi connectivity index (χ3v) is 2.76. The number of nitrogens with zero attached hydrogens (tertiary/aromatic N) is 2. The van der Waals surface area contributed by atoms with Crippen molar-refractivity contribution >= 4 is 5.69 Å². The first-order valence-corrected chi connectivity index (χ1v) is 5.74. The molecule has 3 nitrogen and oxygen atoms in total. The van der Waals surface area contributed by atoms with Gasteiger partial charge in [-0.25, -0.2) is 4.39 Å². The summed E-state index contributed by atoms with van der Waals surface area (Å²) in [7, 11) is 0. The van der Waals surface area contributed by atoms with E-state index in [2.05, 4.69) is 5.10 Å². The number of anilines is 1. The van der Waals surface area contributed by atoms with Gasteiger partial charge in [0.25, 0.3) is 0 Å². The highest BCUT2D eigenvalue weighted by molar-refractivity contribution is 5.41. The average molecular weight is 327 g/mol. The minimum atomic E-state index is -5.02. The van der Waals surface area contributed by atoms with Crippen molar-refractivity contribution in [2.45, 2.75) is 18.9 Å². The Morgan fingerprint density at radius 1 is 1.00 bits per heavy atom. The van der Waals surface area contributed by atoms with Crippen LogP contribution in [0.5, 0.6) is 0 Å². The summed E-state index contributed by atoms with van der Waals surface area (Å²) in [4.78, 5) is 0. The number of nitrogen functional groups attached to an aromatic ring is 1. The third-order valence-electron chi connectivity index (χ3n) is 2.76. The van der Waals surface area contributed by atoms with Crippen LogP contribution in [0.2, 0.25) is 0 Å². The van der Waals surface area contributed by atoms with Crippen molar-refractivity contribution in [3.05, 3.63) is 47.0 Å². The smallest absolute Gasteiger partial charge is 0.396 e. The fourth-order valence-electron chi connectivity index (χ4n) is 1.75. The standard InChI is InChI=1S/C12H8F7N3/c13-7-3-6(1-2-8(7)20)5-22-10(12(17,18)19)4-9(21-22)11(14,15)16/h1-4H,5,20H2. The Kier molecular flexibility index (Phi) is 3.80. The van der Waals surface area contributed by atoms with Crippen LogP contribution in [0, 0.1) is 5.82 Å². The summed E-state index contributed by atoms with van der Waals surface area (Å²) in [5.74, 6) is -0.880. The number of nitrogens with two attached hydrogens (primary N) is 1. The molecule has 1 aromatic carbocycles. The van der Waals surface area contributed by atoms with Gasteiger partial charge in [-0.3, -0.25) is 4.68 Å². The minimum Gasteiger partial charge on any atom is -0.396 e. The van der Waals surface area contributed by atoms with Crippen LogP contribution in [0.1, 0.15) is 17.0 Å². The summed E-state index contributed by atoms with van der Waals surface area (Å²) in [6.45, 7) is -0.678. The van der Waals surface area contributed by atoms with E-state index in [1.807, 2.05) is 0 Å². The number of aromatic nitrogens is 2. The van der Waals surface area contributed by atoms with Gasteiger partial charge in [0.05, 0.1) is 12.2 Å². The molecule has 0 spiro atoms. The molecule has 0 aliphatic carbocycles. The van der Waals surface area contributed by atoms with Gasteiger partial charge in [-0.2, -0.15) is 31.4 Å². The number of rotatable bonds is 2. The van der Waals surface area contributed by atoms with Crippen LogP contribution in [0.4, 0.5) is 36.4 Å². The molecule has 22 heavy (non-hydrogen) atoms. The van der Waals surface area contributed by atoms with Crippen LogP contribution < -0.4 is 5.73 Å². The van der Waals surface area contributed by atoms with Gasteiger partial charge in [0.1, 0.15) is 11.5 Å². The minimum absolute atomic E-state index is 0.00553. The van der Waals surface area contributed by atoms with Crippen molar-refractivity contribution in [2.75, 3.05) is 5.73 Å². The molecule has 10 heteroatoms. The van der Waals surface area contributed by atoms with Gasteiger partial charge < -0.3 is 5.73 Å². The Morgan fingerprint density at radius 3 is 2.14 bits per heavy atom. The SMILES string of the molecule is Nc1ccc(Cn2nc(C(F)(F)F)cc2C(F)(F)F)cc1F. The molecule has 2 rings (SSSR count). The predicted octanol–water partition coefficient (Wildman–Crippen LogP) is 3.69.